The Balaban J connectivity index is 2.50. The fraction of sp³-hybridized carbons (Fsp3) is 0.929. The van der Waals surface area contributed by atoms with Crippen molar-refractivity contribution < 1.29 is 9.53 Å². The largest absolute Gasteiger partial charge is 0.460 e. The van der Waals surface area contributed by atoms with Crippen molar-refractivity contribution in [2.75, 3.05) is 0 Å². The molecule has 2 nitrogen and oxygen atoms in total. The number of carbonyl (C=O) groups is 1. The summed E-state index contributed by atoms with van der Waals surface area (Å²) in [4.78, 5) is 12.0. The Morgan fingerprint density at radius 1 is 1.25 bits per heavy atom. The molecule has 1 aliphatic carbocycles. The second-order valence-electron chi connectivity index (χ2n) is 6.40. The van der Waals surface area contributed by atoms with Gasteiger partial charge in [0.25, 0.3) is 0 Å². The van der Waals surface area contributed by atoms with Crippen LogP contribution in [0, 0.1) is 17.8 Å². The van der Waals surface area contributed by atoms with Crippen LogP contribution in [0.4, 0.5) is 0 Å². The molecule has 2 atom stereocenters. The molecular weight excluding hydrogens is 200 g/mol. The van der Waals surface area contributed by atoms with E-state index >= 15 is 0 Å². The van der Waals surface area contributed by atoms with Gasteiger partial charge in [-0.2, -0.15) is 0 Å². The van der Waals surface area contributed by atoms with Crippen molar-refractivity contribution in [2.24, 2.45) is 17.8 Å². The lowest BCUT2D eigenvalue weighted by Gasteiger charge is -2.32. The first-order valence-electron chi connectivity index (χ1n) is 6.52. The van der Waals surface area contributed by atoms with Gasteiger partial charge in [0, 0.05) is 0 Å². The number of rotatable bonds is 2. The summed E-state index contributed by atoms with van der Waals surface area (Å²) < 4.78 is 5.47. The quantitative estimate of drug-likeness (QED) is 0.670. The molecule has 1 aliphatic rings. The summed E-state index contributed by atoms with van der Waals surface area (Å²) >= 11 is 0. The molecule has 94 valence electrons. The van der Waals surface area contributed by atoms with E-state index in [0.717, 1.165) is 12.8 Å². The van der Waals surface area contributed by atoms with E-state index in [2.05, 4.69) is 13.8 Å². The van der Waals surface area contributed by atoms with Crippen molar-refractivity contribution in [1.82, 2.24) is 0 Å². The maximum atomic E-state index is 12.0. The number of esters is 1. The van der Waals surface area contributed by atoms with Crippen molar-refractivity contribution in [1.29, 1.82) is 0 Å². The zero-order valence-corrected chi connectivity index (χ0v) is 11.4. The van der Waals surface area contributed by atoms with Crippen LogP contribution in [0.1, 0.15) is 60.3 Å². The first-order chi connectivity index (χ1) is 7.29. The van der Waals surface area contributed by atoms with E-state index in [1.807, 2.05) is 20.8 Å². The van der Waals surface area contributed by atoms with Crippen LogP contribution in [0.25, 0.3) is 0 Å². The van der Waals surface area contributed by atoms with Crippen LogP contribution >= 0.6 is 0 Å². The van der Waals surface area contributed by atoms with E-state index in [0.29, 0.717) is 11.8 Å². The molecule has 0 saturated heterocycles. The van der Waals surface area contributed by atoms with Gasteiger partial charge in [0.2, 0.25) is 0 Å². The normalized spacial score (nSPS) is 26.9. The Labute approximate surface area is 99.8 Å². The van der Waals surface area contributed by atoms with E-state index in [4.69, 9.17) is 4.74 Å². The Hall–Kier alpha value is -0.530. The molecule has 0 aromatic heterocycles. The average Bonchev–Trinajstić information content (AvgIpc) is 2.15. The number of hydrogen-bond acceptors (Lipinski definition) is 2. The maximum Gasteiger partial charge on any atom is 0.309 e. The second kappa shape index (κ2) is 5.20. The van der Waals surface area contributed by atoms with E-state index in [9.17, 15) is 4.79 Å². The molecule has 0 radical (unpaired) electrons. The van der Waals surface area contributed by atoms with E-state index in [1.165, 1.54) is 12.8 Å². The second-order valence-corrected chi connectivity index (χ2v) is 6.40. The molecule has 2 heteroatoms. The minimum atomic E-state index is -0.345. The zero-order chi connectivity index (χ0) is 12.3. The predicted molar refractivity (Wildman–Crippen MR) is 66.1 cm³/mol. The van der Waals surface area contributed by atoms with Crippen LogP contribution in [0.15, 0.2) is 0 Å². The van der Waals surface area contributed by atoms with Crippen molar-refractivity contribution in [3.8, 4) is 0 Å². The highest BCUT2D eigenvalue weighted by Gasteiger charge is 2.31. The van der Waals surface area contributed by atoms with Gasteiger partial charge >= 0.3 is 5.97 Å². The fourth-order valence-corrected chi connectivity index (χ4v) is 2.43. The molecule has 0 aromatic carbocycles. The SMILES string of the molecule is CC(C)C1CCCC(C(=O)OC(C)(C)C)C1. The molecular formula is C14H26O2. The summed E-state index contributed by atoms with van der Waals surface area (Å²) in [6, 6.07) is 0. The third kappa shape index (κ3) is 4.15. The summed E-state index contributed by atoms with van der Waals surface area (Å²) in [6.07, 6.45) is 4.48. The number of hydrogen-bond donors (Lipinski definition) is 0. The van der Waals surface area contributed by atoms with Gasteiger partial charge < -0.3 is 4.74 Å². The maximum absolute atomic E-state index is 12.0. The van der Waals surface area contributed by atoms with Crippen LogP contribution in [0.3, 0.4) is 0 Å². The Morgan fingerprint density at radius 3 is 2.38 bits per heavy atom. The van der Waals surface area contributed by atoms with E-state index in [1.54, 1.807) is 0 Å². The molecule has 0 heterocycles. The molecule has 0 N–H and O–H groups in total. The average molecular weight is 226 g/mol. The smallest absolute Gasteiger partial charge is 0.309 e. The highest BCUT2D eigenvalue weighted by atomic mass is 16.6. The number of carbonyl (C=O) groups excluding carboxylic acids is 1. The topological polar surface area (TPSA) is 26.3 Å². The van der Waals surface area contributed by atoms with Crippen LogP contribution in [0.5, 0.6) is 0 Å². The van der Waals surface area contributed by atoms with Crippen molar-refractivity contribution in [3.63, 3.8) is 0 Å². The summed E-state index contributed by atoms with van der Waals surface area (Å²) in [5, 5.41) is 0. The molecule has 1 fully saturated rings. The monoisotopic (exact) mass is 226 g/mol. The minimum absolute atomic E-state index is 0.0119. The van der Waals surface area contributed by atoms with Crippen LogP contribution in [-0.4, -0.2) is 11.6 Å². The van der Waals surface area contributed by atoms with Gasteiger partial charge in [0.05, 0.1) is 5.92 Å². The molecule has 0 aromatic rings. The highest BCUT2D eigenvalue weighted by Crippen LogP contribution is 2.34. The molecule has 1 rings (SSSR count). The first kappa shape index (κ1) is 13.5. The van der Waals surface area contributed by atoms with Crippen molar-refractivity contribution in [2.45, 2.75) is 65.9 Å². The third-order valence-electron chi connectivity index (χ3n) is 3.40. The molecule has 16 heavy (non-hydrogen) atoms. The standard InChI is InChI=1S/C14H26O2/c1-10(2)11-7-6-8-12(9-11)13(15)16-14(3,4)5/h10-12H,6-9H2,1-5H3. The summed E-state index contributed by atoms with van der Waals surface area (Å²) in [5.74, 6) is 1.54. The molecule has 1 saturated carbocycles. The van der Waals surface area contributed by atoms with Crippen molar-refractivity contribution >= 4 is 5.97 Å². The van der Waals surface area contributed by atoms with Crippen LogP contribution in [0.2, 0.25) is 0 Å². The molecule has 0 amide bonds. The van der Waals surface area contributed by atoms with Crippen LogP contribution < -0.4 is 0 Å². The van der Waals surface area contributed by atoms with Gasteiger partial charge in [-0.05, 0) is 45.4 Å². The highest BCUT2D eigenvalue weighted by molar-refractivity contribution is 5.73. The summed E-state index contributed by atoms with van der Waals surface area (Å²) in [6.45, 7) is 10.3. The third-order valence-corrected chi connectivity index (χ3v) is 3.40. The molecule has 0 spiro atoms. The van der Waals surface area contributed by atoms with Crippen LogP contribution in [-0.2, 0) is 9.53 Å². The Bertz CT molecular complexity index is 238. The summed E-state index contributed by atoms with van der Waals surface area (Å²) in [5.41, 5.74) is -0.345. The fourth-order valence-electron chi connectivity index (χ4n) is 2.43. The first-order valence-corrected chi connectivity index (χ1v) is 6.52. The van der Waals surface area contributed by atoms with Gasteiger partial charge in [-0.15, -0.1) is 0 Å². The zero-order valence-electron chi connectivity index (χ0n) is 11.4. The molecule has 2 unspecified atom stereocenters. The lowest BCUT2D eigenvalue weighted by molar-refractivity contribution is -0.161. The molecule has 0 aliphatic heterocycles. The predicted octanol–water partition coefficient (Wildman–Crippen LogP) is 3.79. The lowest BCUT2D eigenvalue weighted by Crippen LogP contribution is -2.32. The van der Waals surface area contributed by atoms with Gasteiger partial charge in [-0.25, -0.2) is 0 Å². The molecule has 0 bridgehead atoms. The minimum Gasteiger partial charge on any atom is -0.460 e. The Kier molecular flexibility index (Phi) is 4.40. The van der Waals surface area contributed by atoms with Gasteiger partial charge in [0.1, 0.15) is 5.60 Å². The van der Waals surface area contributed by atoms with Gasteiger partial charge in [-0.3, -0.25) is 4.79 Å². The summed E-state index contributed by atoms with van der Waals surface area (Å²) in [7, 11) is 0. The van der Waals surface area contributed by atoms with Crippen molar-refractivity contribution in [3.05, 3.63) is 0 Å². The van der Waals surface area contributed by atoms with Gasteiger partial charge in [-0.1, -0.05) is 26.7 Å². The van der Waals surface area contributed by atoms with E-state index < -0.39 is 0 Å². The van der Waals surface area contributed by atoms with E-state index in [-0.39, 0.29) is 17.5 Å². The Morgan fingerprint density at radius 2 is 1.88 bits per heavy atom. The number of ether oxygens (including phenoxy) is 1. The lowest BCUT2D eigenvalue weighted by atomic mass is 9.76. The van der Waals surface area contributed by atoms with Gasteiger partial charge in [0.15, 0.2) is 0 Å².